The van der Waals surface area contributed by atoms with Crippen LogP contribution in [-0.4, -0.2) is 88.4 Å². The molecule has 0 atom stereocenters. The zero-order valence-corrected chi connectivity index (χ0v) is 18.0. The zero-order chi connectivity index (χ0) is 28.0. The Morgan fingerprint density at radius 3 is 1.03 bits per heavy atom. The third-order valence-corrected chi connectivity index (χ3v) is 7.04. The second-order valence-corrected chi connectivity index (χ2v) is 9.40. The summed E-state index contributed by atoms with van der Waals surface area (Å²) in [5.74, 6) is -47.6. The van der Waals surface area contributed by atoms with Crippen LogP contribution in [0.2, 0.25) is 0 Å². The molecule has 0 aromatic rings. The van der Waals surface area contributed by atoms with E-state index < -0.39 is 68.9 Å². The summed E-state index contributed by atoms with van der Waals surface area (Å²) in [7, 11) is -6.45. The van der Waals surface area contributed by atoms with Crippen LogP contribution in [0.4, 0.5) is 79.3 Å². The molecule has 222 valence electrons. The molecule has 0 rings (SSSR count). The Hall–Kier alpha value is -0.946. The van der Waals surface area contributed by atoms with E-state index in [0.29, 0.717) is 0 Å². The summed E-state index contributed by atoms with van der Waals surface area (Å²) in [6, 6.07) is 0. The van der Waals surface area contributed by atoms with Gasteiger partial charge in [0.05, 0.1) is 0 Å². The molecule has 23 heteroatoms. The van der Waals surface area contributed by atoms with Crippen molar-refractivity contribution < 1.29 is 92.6 Å². The molecule has 0 heterocycles. The van der Waals surface area contributed by atoms with Crippen LogP contribution < -0.4 is 0 Å². The molecular weight excluding hydrogens is 602 g/mol. The van der Waals surface area contributed by atoms with E-state index >= 15 is 0 Å². The molecule has 0 unspecified atom stereocenters. The minimum absolute atomic E-state index is 0. The van der Waals surface area contributed by atoms with Gasteiger partial charge in [0.2, 0.25) is 0 Å². The number of hydrogen-bond donors (Lipinski definition) is 0. The van der Waals surface area contributed by atoms with Crippen molar-refractivity contribution in [3.8, 4) is 0 Å². The van der Waals surface area contributed by atoms with Gasteiger partial charge >= 0.3 is 56.1 Å². The Morgan fingerprint density at radius 1 is 0.472 bits per heavy atom. The Balaban J connectivity index is -0.00000544. The Morgan fingerprint density at radius 2 is 0.750 bits per heavy atom. The quantitative estimate of drug-likeness (QED) is 0.230. The highest BCUT2D eigenvalue weighted by Crippen LogP contribution is 2.63. The second-order valence-electron chi connectivity index (χ2n) is 6.43. The van der Waals surface area contributed by atoms with Crippen molar-refractivity contribution in [2.24, 2.45) is 0 Å². The molecule has 3 nitrogen and oxygen atoms in total. The highest BCUT2D eigenvalue weighted by Gasteiger charge is 2.95. The highest BCUT2D eigenvalue weighted by molar-refractivity contribution is 6.63. The van der Waals surface area contributed by atoms with Crippen molar-refractivity contribution in [3.05, 3.63) is 0 Å². The lowest BCUT2D eigenvalue weighted by atomic mass is 9.90. The molecule has 0 aliphatic heterocycles. The third kappa shape index (κ3) is 5.57. The minimum Gasteiger partial charge on any atom is -0.373 e. The molecule has 0 N–H and O–H groups in total. The topological polar surface area (TPSA) is 27.7 Å². The fourth-order valence-electron chi connectivity index (χ4n) is 2.30. The van der Waals surface area contributed by atoms with Gasteiger partial charge in [0.15, 0.2) is 0 Å². The summed E-state index contributed by atoms with van der Waals surface area (Å²) in [6.45, 7) is 0. The minimum atomic E-state index is -8.44. The molecule has 0 bridgehead atoms. The van der Waals surface area contributed by atoms with Crippen molar-refractivity contribution >= 4 is 19.8 Å². The standard InChI is InChI=1S/C13H13F17O3Si.FH.H4Si/c1-31-34(32-2,33-3)13(29,30)12(27,28)11(25,26)10(23,24)9(21,22)8(19,20)6(14,15)4-5-7(16,17)18;;/h4-5H2,1-3H3;1H;1H4. The van der Waals surface area contributed by atoms with Gasteiger partial charge in [-0.1, -0.05) is 0 Å². The van der Waals surface area contributed by atoms with Gasteiger partial charge in [0.1, 0.15) is 0 Å². The summed E-state index contributed by atoms with van der Waals surface area (Å²) >= 11 is 0. The molecule has 0 amide bonds. The van der Waals surface area contributed by atoms with E-state index in [9.17, 15) is 74.6 Å². The summed E-state index contributed by atoms with van der Waals surface area (Å²) in [6.07, 6.45) is -12.2. The predicted octanol–water partition coefficient (Wildman–Crippen LogP) is 4.89. The Bertz CT molecular complexity index is 699. The maximum atomic E-state index is 14.1. The van der Waals surface area contributed by atoms with Crippen LogP contribution in [0, 0.1) is 0 Å². The molecule has 0 aliphatic carbocycles. The van der Waals surface area contributed by atoms with E-state index in [0.717, 1.165) is 0 Å². The van der Waals surface area contributed by atoms with Gasteiger partial charge in [-0.05, 0) is 11.0 Å². The van der Waals surface area contributed by atoms with Gasteiger partial charge in [0.25, 0.3) is 0 Å². The van der Waals surface area contributed by atoms with E-state index in [1.165, 1.54) is 0 Å². The lowest BCUT2D eigenvalue weighted by Crippen LogP contribution is -2.77. The number of hydrogen-bond acceptors (Lipinski definition) is 3. The first-order valence-corrected chi connectivity index (χ1v) is 9.73. The summed E-state index contributed by atoms with van der Waals surface area (Å²) in [4.78, 5) is 0. The monoisotopic (exact) mass is 620 g/mol. The molecule has 0 aromatic heterocycles. The van der Waals surface area contributed by atoms with Gasteiger partial charge in [0, 0.05) is 34.2 Å². The smallest absolute Gasteiger partial charge is 0.373 e. The normalized spacial score (nSPS) is 15.3. The lowest BCUT2D eigenvalue weighted by molar-refractivity contribution is -0.438. The van der Waals surface area contributed by atoms with Crippen LogP contribution in [0.25, 0.3) is 0 Å². The molecule has 0 spiro atoms. The van der Waals surface area contributed by atoms with Crippen molar-refractivity contribution in [1.29, 1.82) is 0 Å². The van der Waals surface area contributed by atoms with Crippen LogP contribution in [0.1, 0.15) is 12.8 Å². The van der Waals surface area contributed by atoms with Crippen LogP contribution >= 0.6 is 0 Å². The summed E-state index contributed by atoms with van der Waals surface area (Å²) in [5.41, 5.74) is -6.80. The van der Waals surface area contributed by atoms with Crippen LogP contribution in [0.3, 0.4) is 0 Å². The number of halogens is 18. The van der Waals surface area contributed by atoms with Crippen LogP contribution in [0.5, 0.6) is 0 Å². The number of rotatable bonds is 12. The average Bonchev–Trinajstić information content (AvgIpc) is 2.66. The molecule has 0 aliphatic rings. The second kappa shape index (κ2) is 11.0. The summed E-state index contributed by atoms with van der Waals surface area (Å²) < 4.78 is 239. The fourth-order valence-corrected chi connectivity index (χ4v) is 4.11. The molecule has 0 radical (unpaired) electrons. The molecule has 0 fully saturated rings. The highest BCUT2D eigenvalue weighted by atomic mass is 28.4. The Labute approximate surface area is 195 Å². The van der Waals surface area contributed by atoms with Crippen molar-refractivity contribution in [2.75, 3.05) is 21.3 Å². The first-order valence-electron chi connectivity index (χ1n) is 8.01. The van der Waals surface area contributed by atoms with E-state index in [1.807, 2.05) is 0 Å². The van der Waals surface area contributed by atoms with Crippen molar-refractivity contribution in [2.45, 2.75) is 60.1 Å². The maximum Gasteiger partial charge on any atom is 0.581 e. The third-order valence-electron chi connectivity index (χ3n) is 4.34. The Kier molecular flexibility index (Phi) is 12.1. The van der Waals surface area contributed by atoms with Gasteiger partial charge in [-0.2, -0.15) is 74.6 Å². The van der Waals surface area contributed by atoms with Crippen LogP contribution in [-0.2, 0) is 13.3 Å². The first kappa shape index (κ1) is 39.6. The van der Waals surface area contributed by atoms with Gasteiger partial charge < -0.3 is 13.3 Å². The van der Waals surface area contributed by atoms with Gasteiger partial charge in [-0.3, -0.25) is 4.70 Å². The van der Waals surface area contributed by atoms with E-state index in [4.69, 9.17) is 0 Å². The number of alkyl halides is 17. The van der Waals surface area contributed by atoms with E-state index in [2.05, 4.69) is 13.3 Å². The van der Waals surface area contributed by atoms with Gasteiger partial charge in [-0.25, -0.2) is 0 Å². The average molecular weight is 620 g/mol. The fraction of sp³-hybridized carbons (Fsp3) is 1.00. The van der Waals surface area contributed by atoms with E-state index in [1.54, 1.807) is 0 Å². The SMILES string of the molecule is CO[Si](OC)(OC)C(F)(F)C(F)(F)C(F)(F)C(F)(F)C(F)(F)C(F)(F)C(F)(F)CCC(F)(F)F.F.[SiH4]. The van der Waals surface area contributed by atoms with Gasteiger partial charge in [-0.15, -0.1) is 0 Å². The molecule has 0 saturated heterocycles. The molecule has 0 saturated carbocycles. The zero-order valence-electron chi connectivity index (χ0n) is 17.0. The molecule has 0 aromatic carbocycles. The van der Waals surface area contributed by atoms with E-state index in [-0.39, 0.29) is 37.0 Å². The van der Waals surface area contributed by atoms with Crippen LogP contribution in [0.15, 0.2) is 0 Å². The predicted molar refractivity (Wildman–Crippen MR) is 90.5 cm³/mol. The lowest BCUT2D eigenvalue weighted by Gasteiger charge is -2.44. The van der Waals surface area contributed by atoms with Crippen molar-refractivity contribution in [3.63, 3.8) is 0 Å². The summed E-state index contributed by atoms with van der Waals surface area (Å²) in [5, 5.41) is 0. The first-order chi connectivity index (χ1) is 14.6. The molecular formula is C13H18F18O3Si2. The maximum absolute atomic E-state index is 14.1. The molecule has 36 heavy (non-hydrogen) atoms. The largest absolute Gasteiger partial charge is 0.581 e. The van der Waals surface area contributed by atoms with Crippen molar-refractivity contribution in [1.82, 2.24) is 0 Å².